The smallest absolute Gasteiger partial charge is 0.469 e. The summed E-state index contributed by atoms with van der Waals surface area (Å²) in [5.41, 5.74) is -0.941. The average molecular weight is 1080 g/mol. The average Bonchev–Trinajstić information content (AvgIpc) is 3.84. The highest BCUT2D eigenvalue weighted by molar-refractivity contribution is 7.92. The normalized spacial score (nSPS) is 17.4. The van der Waals surface area contributed by atoms with E-state index in [4.69, 9.17) is 16.3 Å². The van der Waals surface area contributed by atoms with Crippen LogP contribution in [0.2, 0.25) is 5.02 Å². The lowest BCUT2D eigenvalue weighted by Gasteiger charge is -2.39. The van der Waals surface area contributed by atoms with Crippen LogP contribution in [0.3, 0.4) is 0 Å². The monoisotopic (exact) mass is 1080 g/mol. The van der Waals surface area contributed by atoms with E-state index in [1.165, 1.54) is 36.1 Å². The fraction of sp³-hybridized carbons (Fsp3) is 0.453. The largest absolute Gasteiger partial charge is 0.501 e. The van der Waals surface area contributed by atoms with Gasteiger partial charge in [-0.25, -0.2) is 26.5 Å². The lowest BCUT2D eigenvalue weighted by molar-refractivity contribution is -0.140. The Balaban J connectivity index is 0.975. The maximum atomic E-state index is 14.2. The summed E-state index contributed by atoms with van der Waals surface area (Å²) in [5, 5.41) is 4.34. The number of amides is 1. The number of piperidine rings is 1. The van der Waals surface area contributed by atoms with E-state index in [1.54, 1.807) is 30.5 Å². The minimum absolute atomic E-state index is 0.0153. The van der Waals surface area contributed by atoms with Gasteiger partial charge in [-0.15, -0.1) is 0 Å². The molecule has 21 heteroatoms. The molecule has 2 fully saturated rings. The number of hydrogen-bond acceptors (Lipinski definition) is 13. The molecule has 74 heavy (non-hydrogen) atoms. The first-order valence-electron chi connectivity index (χ1n) is 25.0. The molecule has 3 aromatic carbocycles. The second kappa shape index (κ2) is 23.1. The summed E-state index contributed by atoms with van der Waals surface area (Å²) in [6.07, 6.45) is 11.0. The van der Waals surface area contributed by atoms with Crippen molar-refractivity contribution in [1.29, 1.82) is 0 Å². The number of hydrogen-bond donors (Lipinski definition) is 3. The molecule has 2 aromatic heterocycles. The van der Waals surface area contributed by atoms with Gasteiger partial charge in [-0.2, -0.15) is 13.2 Å². The van der Waals surface area contributed by atoms with Crippen LogP contribution < -0.4 is 19.7 Å². The molecule has 3 N–H and O–H groups in total. The number of fused-ring (bicyclic) bond motifs is 1. The number of H-pyrrole nitrogens is 1. The molecule has 3 aliphatic rings. The molecule has 4 heterocycles. The van der Waals surface area contributed by atoms with Gasteiger partial charge in [0, 0.05) is 86.6 Å². The SMILES string of the molecule is COC(=O)CCCCCCN1CCC(Nc2ccc(S(=O)(=O)NC(=O)c3ccc(N4CCN(CC5=C(c6ccc(Cl)cc6)CC(C)(C)CC5)CC4)cc3Oc3cnc4[nH]ccc4c3)cc2S(=O)(=O)C(F)(F)F)CC1. The fourth-order valence-corrected chi connectivity index (χ4v) is 12.1. The molecule has 2 saturated heterocycles. The van der Waals surface area contributed by atoms with Crippen molar-refractivity contribution < 1.29 is 49.1 Å². The van der Waals surface area contributed by atoms with Crippen LogP contribution >= 0.6 is 11.6 Å². The minimum atomic E-state index is -6.08. The first-order chi connectivity index (χ1) is 35.2. The van der Waals surface area contributed by atoms with Crippen molar-refractivity contribution in [3.8, 4) is 11.5 Å². The van der Waals surface area contributed by atoms with Crippen molar-refractivity contribution in [3.63, 3.8) is 0 Å². The molecule has 398 valence electrons. The predicted octanol–water partition coefficient (Wildman–Crippen LogP) is 10.2. The number of piperazine rings is 1. The van der Waals surface area contributed by atoms with Crippen molar-refractivity contribution in [1.82, 2.24) is 24.5 Å². The number of nitrogens with zero attached hydrogens (tertiary/aromatic N) is 4. The third kappa shape index (κ3) is 13.4. The Morgan fingerprint density at radius 2 is 1.61 bits per heavy atom. The van der Waals surface area contributed by atoms with E-state index in [0.717, 1.165) is 83.3 Å². The van der Waals surface area contributed by atoms with Crippen LogP contribution in [0.5, 0.6) is 11.5 Å². The number of anilines is 2. The number of aromatic nitrogens is 2. The fourth-order valence-electron chi connectivity index (χ4n) is 9.93. The molecule has 15 nitrogen and oxygen atoms in total. The molecular weight excluding hydrogens is 1020 g/mol. The van der Waals surface area contributed by atoms with Gasteiger partial charge < -0.3 is 29.6 Å². The van der Waals surface area contributed by atoms with Crippen LogP contribution in [0.15, 0.2) is 101 Å². The third-order valence-electron chi connectivity index (χ3n) is 14.2. The third-order valence-corrected chi connectivity index (χ3v) is 17.3. The van der Waals surface area contributed by atoms with Gasteiger partial charge in [-0.1, -0.05) is 56.0 Å². The Kier molecular flexibility index (Phi) is 17.0. The number of likely N-dealkylation sites (tertiary alicyclic amines) is 1. The molecule has 0 unspecified atom stereocenters. The number of sulfonamides is 1. The van der Waals surface area contributed by atoms with Crippen molar-refractivity contribution >= 4 is 71.3 Å². The van der Waals surface area contributed by atoms with E-state index < -0.39 is 52.8 Å². The van der Waals surface area contributed by atoms with Gasteiger partial charge in [0.2, 0.25) is 0 Å². The van der Waals surface area contributed by atoms with Gasteiger partial charge in [-0.3, -0.25) is 14.5 Å². The van der Waals surface area contributed by atoms with E-state index in [2.05, 4.69) is 60.7 Å². The first-order valence-corrected chi connectivity index (χ1v) is 28.3. The van der Waals surface area contributed by atoms with Crippen LogP contribution in [-0.2, 0) is 29.4 Å². The molecule has 8 rings (SSSR count). The zero-order valence-electron chi connectivity index (χ0n) is 41.8. The van der Waals surface area contributed by atoms with Gasteiger partial charge >= 0.3 is 11.5 Å². The highest BCUT2D eigenvalue weighted by Gasteiger charge is 2.48. The summed E-state index contributed by atoms with van der Waals surface area (Å²) in [6, 6.07) is 18.2. The summed E-state index contributed by atoms with van der Waals surface area (Å²) < 4.78 is 110. The highest BCUT2D eigenvalue weighted by atomic mass is 35.5. The number of halogens is 4. The molecule has 1 aliphatic carbocycles. The number of allylic oxidation sites excluding steroid dienone is 1. The Morgan fingerprint density at radius 1 is 0.878 bits per heavy atom. The second-order valence-electron chi connectivity index (χ2n) is 20.1. The van der Waals surface area contributed by atoms with E-state index in [1.807, 2.05) is 16.9 Å². The van der Waals surface area contributed by atoms with Crippen LogP contribution in [0.1, 0.15) is 94.0 Å². The topological polar surface area (TPSA) is 183 Å². The Labute approximate surface area is 435 Å². The van der Waals surface area contributed by atoms with Gasteiger partial charge in [0.25, 0.3) is 25.8 Å². The lowest BCUT2D eigenvalue weighted by atomic mass is 9.72. The summed E-state index contributed by atoms with van der Waals surface area (Å²) in [4.78, 5) is 37.5. The summed E-state index contributed by atoms with van der Waals surface area (Å²) in [5.74, 6) is -1.18. The van der Waals surface area contributed by atoms with Crippen LogP contribution in [-0.4, -0.2) is 119 Å². The zero-order chi connectivity index (χ0) is 52.8. The van der Waals surface area contributed by atoms with E-state index in [-0.39, 0.29) is 28.4 Å². The molecule has 1 amide bonds. The van der Waals surface area contributed by atoms with E-state index in [0.29, 0.717) is 73.3 Å². The number of alkyl halides is 3. The molecule has 0 saturated carbocycles. The number of benzene rings is 3. The summed E-state index contributed by atoms with van der Waals surface area (Å²) in [7, 11) is -9.71. The maximum Gasteiger partial charge on any atom is 0.501 e. The number of ether oxygens (including phenoxy) is 2. The van der Waals surface area contributed by atoms with E-state index >= 15 is 0 Å². The minimum Gasteiger partial charge on any atom is -0.469 e. The predicted molar refractivity (Wildman–Crippen MR) is 280 cm³/mol. The molecule has 0 radical (unpaired) electrons. The lowest BCUT2D eigenvalue weighted by Crippen LogP contribution is -2.47. The Hall–Kier alpha value is -5.67. The summed E-state index contributed by atoms with van der Waals surface area (Å²) >= 11 is 6.24. The van der Waals surface area contributed by atoms with Crippen LogP contribution in [0, 0.1) is 5.41 Å². The van der Waals surface area contributed by atoms with Gasteiger partial charge in [0.05, 0.1) is 29.5 Å². The van der Waals surface area contributed by atoms with Crippen molar-refractivity contribution in [2.75, 3.05) is 69.7 Å². The van der Waals surface area contributed by atoms with E-state index in [9.17, 15) is 39.6 Å². The van der Waals surface area contributed by atoms with Gasteiger partial charge in [0.15, 0.2) is 0 Å². The number of sulfone groups is 1. The quantitative estimate of drug-likeness (QED) is 0.0525. The number of nitrogens with one attached hydrogen (secondary N) is 3. The summed E-state index contributed by atoms with van der Waals surface area (Å²) in [6.45, 7) is 10.2. The molecule has 0 atom stereocenters. The van der Waals surface area contributed by atoms with Gasteiger partial charge in [0.1, 0.15) is 22.0 Å². The first kappa shape index (κ1) is 54.6. The van der Waals surface area contributed by atoms with Crippen molar-refractivity contribution in [2.45, 2.75) is 99.4 Å². The van der Waals surface area contributed by atoms with Crippen molar-refractivity contribution in [2.24, 2.45) is 5.41 Å². The zero-order valence-corrected chi connectivity index (χ0v) is 44.2. The Morgan fingerprint density at radius 3 is 2.32 bits per heavy atom. The molecule has 5 aromatic rings. The molecule has 0 bridgehead atoms. The maximum absolute atomic E-state index is 14.2. The molecule has 0 spiro atoms. The molecule has 2 aliphatic heterocycles. The number of carbonyl (C=O) groups excluding carboxylic acids is 2. The number of carbonyl (C=O) groups is 2. The number of unbranched alkanes of at least 4 members (excludes halogenated alkanes) is 3. The van der Waals surface area contributed by atoms with Gasteiger partial charge in [-0.05, 0) is 123 Å². The standard InChI is InChI=1S/C53H63ClF3N7O8S2/c1-52(2)21-17-38(45(33-52)36-9-11-39(54)12-10-36)35-63-26-28-64(29-27-63)41-13-15-44(47(31-41)72-42-30-37-18-22-58-50(37)59-34-42)51(66)61-74(69,70)43-14-16-46(48(32-43)73(67,68)53(55,56)57)60-40-19-24-62(25-20-40)23-7-5-4-6-8-49(65)71-3/h9-16,18,22,30-32,34,40,60H,4-8,17,19-21,23-29,33,35H2,1-3H3,(H,58,59)(H,61,66). The Bertz CT molecular complexity index is 3080. The highest BCUT2D eigenvalue weighted by Crippen LogP contribution is 2.44. The number of methoxy groups -OCH3 is 1. The van der Waals surface area contributed by atoms with Crippen molar-refractivity contribution in [3.05, 3.63) is 107 Å². The number of rotatable bonds is 19. The van der Waals surface area contributed by atoms with Crippen LogP contribution in [0.4, 0.5) is 24.5 Å². The van der Waals surface area contributed by atoms with Crippen LogP contribution in [0.25, 0.3) is 16.6 Å². The number of esters is 1. The number of pyridine rings is 1. The second-order valence-corrected chi connectivity index (χ2v) is 24.1. The molecular formula is C53H63ClF3N7O8S2. The number of aromatic amines is 1.